The van der Waals surface area contributed by atoms with Gasteiger partial charge in [0.15, 0.2) is 0 Å². The van der Waals surface area contributed by atoms with Crippen LogP contribution in [0.5, 0.6) is 0 Å². The third-order valence-electron chi connectivity index (χ3n) is 4.15. The van der Waals surface area contributed by atoms with E-state index in [1.165, 1.54) is 24.8 Å². The number of hydrogen-bond acceptors (Lipinski definition) is 2. The molecule has 0 spiro atoms. The molecule has 3 heteroatoms. The molecule has 1 aromatic rings. The number of rotatable bonds is 2. The lowest BCUT2D eigenvalue weighted by atomic mass is 9.82. The van der Waals surface area contributed by atoms with Crippen molar-refractivity contribution in [2.45, 2.75) is 57.9 Å². The molecule has 0 aliphatic heterocycles. The van der Waals surface area contributed by atoms with Crippen LogP contribution in [0.1, 0.15) is 51.5 Å². The second-order valence-corrected chi connectivity index (χ2v) is 7.48. The van der Waals surface area contributed by atoms with E-state index in [0.29, 0.717) is 5.41 Å². The molecule has 1 heterocycles. The Labute approximate surface area is 119 Å². The lowest BCUT2D eigenvalue weighted by Crippen LogP contribution is -2.41. The molecule has 0 aromatic carbocycles. The van der Waals surface area contributed by atoms with Crippen LogP contribution in [0.15, 0.2) is 22.9 Å². The Morgan fingerprint density at radius 2 is 2.00 bits per heavy atom. The van der Waals surface area contributed by atoms with Crippen molar-refractivity contribution in [1.82, 2.24) is 4.98 Å². The number of nitrogens with two attached hydrogens (primary N) is 1. The predicted molar refractivity (Wildman–Crippen MR) is 79.4 cm³/mol. The number of nitrogens with zero attached hydrogens (tertiary/aromatic N) is 1. The minimum atomic E-state index is -0.0454. The predicted octanol–water partition coefficient (Wildman–Crippen LogP) is 4.07. The van der Waals surface area contributed by atoms with Gasteiger partial charge in [-0.05, 0) is 65.1 Å². The molecule has 100 valence electrons. The largest absolute Gasteiger partial charge is 0.325 e. The molecule has 2 N–H and O–H groups in total. The average molecular weight is 311 g/mol. The molecule has 0 amide bonds. The van der Waals surface area contributed by atoms with E-state index in [9.17, 15) is 0 Å². The molecule has 1 fully saturated rings. The van der Waals surface area contributed by atoms with Gasteiger partial charge in [-0.25, -0.2) is 0 Å². The smallest absolute Gasteiger partial charge is 0.0410 e. The topological polar surface area (TPSA) is 38.9 Å². The van der Waals surface area contributed by atoms with Crippen LogP contribution in [0.2, 0.25) is 0 Å². The Balaban J connectivity index is 2.07. The van der Waals surface area contributed by atoms with E-state index in [-0.39, 0.29) is 5.54 Å². The Morgan fingerprint density at radius 1 is 1.22 bits per heavy atom. The fourth-order valence-electron chi connectivity index (χ4n) is 2.89. The van der Waals surface area contributed by atoms with Gasteiger partial charge in [0, 0.05) is 22.4 Å². The van der Waals surface area contributed by atoms with E-state index in [1.807, 2.05) is 12.4 Å². The first-order chi connectivity index (χ1) is 8.39. The van der Waals surface area contributed by atoms with Crippen molar-refractivity contribution >= 4 is 15.9 Å². The van der Waals surface area contributed by atoms with E-state index in [0.717, 1.165) is 23.7 Å². The van der Waals surface area contributed by atoms with E-state index >= 15 is 0 Å². The molecule has 1 aliphatic rings. The minimum absolute atomic E-state index is 0.0454. The quantitative estimate of drug-likeness (QED) is 0.836. The zero-order valence-electron chi connectivity index (χ0n) is 11.4. The molecule has 1 unspecified atom stereocenters. The van der Waals surface area contributed by atoms with Gasteiger partial charge in [-0.1, -0.05) is 20.3 Å². The van der Waals surface area contributed by atoms with Crippen LogP contribution in [0.4, 0.5) is 0 Å². The zero-order chi connectivity index (χ0) is 13.2. The Morgan fingerprint density at radius 3 is 2.72 bits per heavy atom. The molecule has 0 bridgehead atoms. The Kier molecular flexibility index (Phi) is 4.12. The summed E-state index contributed by atoms with van der Waals surface area (Å²) < 4.78 is 1.04. The second-order valence-electron chi connectivity index (χ2n) is 6.57. The first-order valence-electron chi connectivity index (χ1n) is 6.77. The van der Waals surface area contributed by atoms with Crippen LogP contribution in [0.25, 0.3) is 0 Å². The van der Waals surface area contributed by atoms with Crippen molar-refractivity contribution in [1.29, 1.82) is 0 Å². The van der Waals surface area contributed by atoms with Gasteiger partial charge >= 0.3 is 0 Å². The van der Waals surface area contributed by atoms with Crippen LogP contribution in [0, 0.1) is 5.41 Å². The van der Waals surface area contributed by atoms with Gasteiger partial charge in [0.1, 0.15) is 0 Å². The van der Waals surface area contributed by atoms with Crippen molar-refractivity contribution in [2.75, 3.05) is 0 Å². The number of halogens is 1. The molecular formula is C15H23BrN2. The summed E-state index contributed by atoms with van der Waals surface area (Å²) in [6.45, 7) is 4.72. The van der Waals surface area contributed by atoms with Crippen molar-refractivity contribution in [3.8, 4) is 0 Å². The van der Waals surface area contributed by atoms with Gasteiger partial charge in [-0.3, -0.25) is 4.98 Å². The van der Waals surface area contributed by atoms with E-state index in [2.05, 4.69) is 40.8 Å². The third kappa shape index (κ3) is 3.79. The minimum Gasteiger partial charge on any atom is -0.325 e. The molecule has 0 saturated heterocycles. The molecule has 1 aromatic heterocycles. The fourth-order valence-corrected chi connectivity index (χ4v) is 3.30. The molecule has 1 aliphatic carbocycles. The van der Waals surface area contributed by atoms with Gasteiger partial charge in [0.2, 0.25) is 0 Å². The summed E-state index contributed by atoms with van der Waals surface area (Å²) in [6, 6.07) is 2.14. The maximum atomic E-state index is 6.62. The van der Waals surface area contributed by atoms with Crippen LogP contribution >= 0.6 is 15.9 Å². The van der Waals surface area contributed by atoms with Crippen molar-refractivity contribution in [2.24, 2.45) is 11.1 Å². The van der Waals surface area contributed by atoms with Crippen LogP contribution < -0.4 is 5.73 Å². The summed E-state index contributed by atoms with van der Waals surface area (Å²) in [7, 11) is 0. The molecular weight excluding hydrogens is 288 g/mol. The van der Waals surface area contributed by atoms with Crippen LogP contribution in [0.3, 0.4) is 0 Å². The summed E-state index contributed by atoms with van der Waals surface area (Å²) in [5, 5.41) is 0. The maximum Gasteiger partial charge on any atom is 0.0410 e. The summed E-state index contributed by atoms with van der Waals surface area (Å²) in [6.07, 6.45) is 10.7. The number of aromatic nitrogens is 1. The van der Waals surface area contributed by atoms with Gasteiger partial charge in [-0.2, -0.15) is 0 Å². The SMILES string of the molecule is CC1(C)CCCC(N)(Cc2cncc(Br)c2)CC1. The zero-order valence-corrected chi connectivity index (χ0v) is 13.0. The number of pyridine rings is 1. The summed E-state index contributed by atoms with van der Waals surface area (Å²) in [4.78, 5) is 4.23. The normalized spacial score (nSPS) is 27.8. The van der Waals surface area contributed by atoms with E-state index < -0.39 is 0 Å². The molecule has 1 saturated carbocycles. The molecule has 1 atom stereocenters. The number of hydrogen-bond donors (Lipinski definition) is 1. The average Bonchev–Trinajstić information content (AvgIpc) is 2.38. The highest BCUT2D eigenvalue weighted by atomic mass is 79.9. The van der Waals surface area contributed by atoms with Crippen molar-refractivity contribution in [3.05, 3.63) is 28.5 Å². The summed E-state index contributed by atoms with van der Waals surface area (Å²) >= 11 is 3.47. The fraction of sp³-hybridized carbons (Fsp3) is 0.667. The third-order valence-corrected chi connectivity index (χ3v) is 4.58. The highest BCUT2D eigenvalue weighted by Gasteiger charge is 2.32. The highest BCUT2D eigenvalue weighted by molar-refractivity contribution is 9.10. The van der Waals surface area contributed by atoms with Gasteiger partial charge in [0.25, 0.3) is 0 Å². The molecule has 2 nitrogen and oxygen atoms in total. The maximum absolute atomic E-state index is 6.62. The van der Waals surface area contributed by atoms with Gasteiger partial charge in [-0.15, -0.1) is 0 Å². The monoisotopic (exact) mass is 310 g/mol. The second kappa shape index (κ2) is 5.30. The summed E-state index contributed by atoms with van der Waals surface area (Å²) in [5.74, 6) is 0. The molecule has 0 radical (unpaired) electrons. The lowest BCUT2D eigenvalue weighted by Gasteiger charge is -2.29. The van der Waals surface area contributed by atoms with Crippen molar-refractivity contribution < 1.29 is 0 Å². The van der Waals surface area contributed by atoms with Gasteiger partial charge < -0.3 is 5.73 Å². The van der Waals surface area contributed by atoms with Crippen LogP contribution in [-0.4, -0.2) is 10.5 Å². The van der Waals surface area contributed by atoms with Crippen LogP contribution in [-0.2, 0) is 6.42 Å². The molecule has 2 rings (SSSR count). The Hall–Kier alpha value is -0.410. The highest BCUT2D eigenvalue weighted by Crippen LogP contribution is 2.38. The van der Waals surface area contributed by atoms with E-state index in [4.69, 9.17) is 5.73 Å². The van der Waals surface area contributed by atoms with Gasteiger partial charge in [0.05, 0.1) is 0 Å². The van der Waals surface area contributed by atoms with Crippen molar-refractivity contribution in [3.63, 3.8) is 0 Å². The Bertz CT molecular complexity index is 417. The standard InChI is InChI=1S/C15H23BrN2/c1-14(2)4-3-5-15(17,7-6-14)9-12-8-13(16)11-18-10-12/h8,10-11H,3-7,9,17H2,1-2H3. The molecule has 18 heavy (non-hydrogen) atoms. The summed E-state index contributed by atoms with van der Waals surface area (Å²) in [5.41, 5.74) is 8.27. The lowest BCUT2D eigenvalue weighted by molar-refractivity contribution is 0.297. The van der Waals surface area contributed by atoms with E-state index in [1.54, 1.807) is 0 Å². The first-order valence-corrected chi connectivity index (χ1v) is 7.56. The first kappa shape index (κ1) is 14.0.